The number of benzene rings is 2. The van der Waals surface area contributed by atoms with Gasteiger partial charge in [-0.1, -0.05) is 24.3 Å². The highest BCUT2D eigenvalue weighted by Gasteiger charge is 2.68. The summed E-state index contributed by atoms with van der Waals surface area (Å²) in [6.07, 6.45) is 0.699. The molecular formula is C19H20Cl2O2. The van der Waals surface area contributed by atoms with Crippen molar-refractivity contribution in [3.63, 3.8) is 0 Å². The molecule has 0 aliphatic heterocycles. The van der Waals surface area contributed by atoms with Gasteiger partial charge in [0, 0.05) is 0 Å². The smallest absolute Gasteiger partial charge is 0.133 e. The van der Waals surface area contributed by atoms with Gasteiger partial charge in [-0.25, -0.2) is 0 Å². The van der Waals surface area contributed by atoms with Crippen LogP contribution < -0.4 is 9.47 Å². The summed E-state index contributed by atoms with van der Waals surface area (Å²) >= 11 is 13.1. The summed E-state index contributed by atoms with van der Waals surface area (Å²) in [6, 6.07) is 16.1. The van der Waals surface area contributed by atoms with Crippen LogP contribution in [0.3, 0.4) is 0 Å². The van der Waals surface area contributed by atoms with Crippen molar-refractivity contribution in [2.45, 2.75) is 30.0 Å². The molecule has 23 heavy (non-hydrogen) atoms. The van der Waals surface area contributed by atoms with Crippen LogP contribution in [0.4, 0.5) is 0 Å². The molecule has 2 aromatic rings. The number of rotatable bonds is 6. The van der Waals surface area contributed by atoms with E-state index in [-0.39, 0.29) is 5.41 Å². The second-order valence-corrected chi connectivity index (χ2v) is 7.19. The van der Waals surface area contributed by atoms with Crippen LogP contribution in [0.2, 0.25) is 0 Å². The van der Waals surface area contributed by atoms with E-state index in [1.807, 2.05) is 62.4 Å². The van der Waals surface area contributed by atoms with Gasteiger partial charge in [0.25, 0.3) is 0 Å². The fourth-order valence-electron chi connectivity index (χ4n) is 3.09. The molecule has 122 valence electrons. The molecule has 0 saturated heterocycles. The normalized spacial score (nSPS) is 17.6. The Kier molecular flexibility index (Phi) is 4.48. The lowest BCUT2D eigenvalue weighted by Crippen LogP contribution is -2.17. The maximum absolute atomic E-state index is 6.54. The van der Waals surface area contributed by atoms with Crippen molar-refractivity contribution in [3.05, 3.63) is 59.7 Å². The minimum Gasteiger partial charge on any atom is -0.494 e. The van der Waals surface area contributed by atoms with Crippen molar-refractivity contribution in [2.24, 2.45) is 0 Å². The first-order valence-electron chi connectivity index (χ1n) is 7.88. The Morgan fingerprint density at radius 1 is 0.783 bits per heavy atom. The Balaban J connectivity index is 1.94. The van der Waals surface area contributed by atoms with E-state index >= 15 is 0 Å². The van der Waals surface area contributed by atoms with Crippen molar-refractivity contribution in [3.8, 4) is 11.5 Å². The van der Waals surface area contributed by atoms with E-state index in [0.717, 1.165) is 22.6 Å². The maximum Gasteiger partial charge on any atom is 0.133 e. The van der Waals surface area contributed by atoms with Crippen LogP contribution in [0, 0.1) is 0 Å². The molecule has 1 aliphatic rings. The fourth-order valence-corrected chi connectivity index (χ4v) is 3.92. The van der Waals surface area contributed by atoms with E-state index in [1.165, 1.54) is 0 Å². The van der Waals surface area contributed by atoms with Crippen LogP contribution in [0.1, 0.15) is 31.4 Å². The highest BCUT2D eigenvalue weighted by atomic mass is 35.5. The Morgan fingerprint density at radius 3 is 1.39 bits per heavy atom. The first-order chi connectivity index (χ1) is 11.0. The fraction of sp³-hybridized carbons (Fsp3) is 0.368. The summed E-state index contributed by atoms with van der Waals surface area (Å²) in [5.74, 6) is 1.71. The van der Waals surface area contributed by atoms with E-state index < -0.39 is 4.33 Å². The Bertz CT molecular complexity index is 613. The Labute approximate surface area is 147 Å². The van der Waals surface area contributed by atoms with Gasteiger partial charge in [0.15, 0.2) is 0 Å². The van der Waals surface area contributed by atoms with E-state index in [2.05, 4.69) is 0 Å². The molecule has 4 heteroatoms. The van der Waals surface area contributed by atoms with Crippen LogP contribution in [-0.4, -0.2) is 17.5 Å². The zero-order valence-electron chi connectivity index (χ0n) is 13.3. The minimum absolute atomic E-state index is 0.369. The molecule has 0 spiro atoms. The second kappa shape index (κ2) is 6.26. The largest absolute Gasteiger partial charge is 0.494 e. The SMILES string of the molecule is CCOc1ccc(C2(c3ccc(OCC)cc3)CC2(Cl)Cl)cc1. The topological polar surface area (TPSA) is 18.5 Å². The van der Waals surface area contributed by atoms with Crippen molar-refractivity contribution in [2.75, 3.05) is 13.2 Å². The van der Waals surface area contributed by atoms with Crippen molar-refractivity contribution < 1.29 is 9.47 Å². The quantitative estimate of drug-likeness (QED) is 0.654. The zero-order valence-corrected chi connectivity index (χ0v) is 14.8. The van der Waals surface area contributed by atoms with Crippen LogP contribution in [0.25, 0.3) is 0 Å². The number of halogens is 2. The van der Waals surface area contributed by atoms with Crippen LogP contribution in [0.15, 0.2) is 48.5 Å². The molecule has 1 saturated carbocycles. The molecule has 0 unspecified atom stereocenters. The Hall–Kier alpha value is -1.38. The highest BCUT2D eigenvalue weighted by Crippen LogP contribution is 2.68. The molecule has 2 aromatic carbocycles. The van der Waals surface area contributed by atoms with Crippen molar-refractivity contribution >= 4 is 23.2 Å². The third-order valence-electron chi connectivity index (χ3n) is 4.30. The number of hydrogen-bond acceptors (Lipinski definition) is 2. The van der Waals surface area contributed by atoms with E-state index in [0.29, 0.717) is 19.6 Å². The predicted molar refractivity (Wildman–Crippen MR) is 95.1 cm³/mol. The van der Waals surface area contributed by atoms with Crippen molar-refractivity contribution in [1.82, 2.24) is 0 Å². The van der Waals surface area contributed by atoms with Crippen molar-refractivity contribution in [1.29, 1.82) is 0 Å². The molecule has 2 nitrogen and oxygen atoms in total. The van der Waals surface area contributed by atoms with Gasteiger partial charge >= 0.3 is 0 Å². The third kappa shape index (κ3) is 2.90. The van der Waals surface area contributed by atoms with Gasteiger partial charge in [0.2, 0.25) is 0 Å². The first kappa shape index (κ1) is 16.5. The minimum atomic E-state index is -0.784. The molecule has 1 aliphatic carbocycles. The van der Waals surface area contributed by atoms with E-state index in [1.54, 1.807) is 0 Å². The van der Waals surface area contributed by atoms with E-state index in [9.17, 15) is 0 Å². The first-order valence-corrected chi connectivity index (χ1v) is 8.63. The van der Waals surface area contributed by atoms with E-state index in [4.69, 9.17) is 32.7 Å². The highest BCUT2D eigenvalue weighted by molar-refractivity contribution is 6.52. The predicted octanol–water partition coefficient (Wildman–Crippen LogP) is 5.35. The molecule has 0 atom stereocenters. The second-order valence-electron chi connectivity index (χ2n) is 5.70. The van der Waals surface area contributed by atoms with Gasteiger partial charge in [-0.3, -0.25) is 0 Å². The van der Waals surface area contributed by atoms with Crippen LogP contribution in [-0.2, 0) is 5.41 Å². The van der Waals surface area contributed by atoms with Gasteiger partial charge in [-0.15, -0.1) is 23.2 Å². The van der Waals surface area contributed by atoms with Gasteiger partial charge in [-0.2, -0.15) is 0 Å². The van der Waals surface area contributed by atoms with Crippen LogP contribution in [0.5, 0.6) is 11.5 Å². The number of hydrogen-bond donors (Lipinski definition) is 0. The average Bonchev–Trinajstić information content (AvgIpc) is 3.13. The summed E-state index contributed by atoms with van der Waals surface area (Å²) < 4.78 is 10.2. The molecule has 1 fully saturated rings. The molecular weight excluding hydrogens is 331 g/mol. The molecule has 0 heterocycles. The lowest BCUT2D eigenvalue weighted by Gasteiger charge is -2.20. The van der Waals surface area contributed by atoms with Gasteiger partial charge in [0.1, 0.15) is 15.8 Å². The summed E-state index contributed by atoms with van der Waals surface area (Å²) in [5, 5.41) is 0. The third-order valence-corrected chi connectivity index (χ3v) is 5.22. The van der Waals surface area contributed by atoms with Crippen LogP contribution >= 0.6 is 23.2 Å². The summed E-state index contributed by atoms with van der Waals surface area (Å²) in [6.45, 7) is 5.24. The maximum atomic E-state index is 6.54. The average molecular weight is 351 g/mol. The van der Waals surface area contributed by atoms with Gasteiger partial charge in [0.05, 0.1) is 18.6 Å². The zero-order chi connectivity index (χ0) is 16.5. The summed E-state index contributed by atoms with van der Waals surface area (Å²) in [7, 11) is 0. The molecule has 0 aromatic heterocycles. The van der Waals surface area contributed by atoms with Gasteiger partial charge in [-0.05, 0) is 55.7 Å². The molecule has 3 rings (SSSR count). The molecule has 0 bridgehead atoms. The lowest BCUT2D eigenvalue weighted by molar-refractivity contribution is 0.340. The summed E-state index contributed by atoms with van der Waals surface area (Å²) in [4.78, 5) is 0. The van der Waals surface area contributed by atoms with Gasteiger partial charge < -0.3 is 9.47 Å². The molecule has 0 amide bonds. The lowest BCUT2D eigenvalue weighted by atomic mass is 9.88. The number of ether oxygens (including phenoxy) is 2. The standard InChI is InChI=1S/C19H20Cl2O2/c1-3-22-16-9-5-14(6-10-16)18(13-19(18,20)21)15-7-11-17(12-8-15)23-4-2/h5-12H,3-4,13H2,1-2H3. The molecule has 0 N–H and O–H groups in total. The number of alkyl halides is 2. The monoisotopic (exact) mass is 350 g/mol. The Morgan fingerprint density at radius 2 is 1.13 bits per heavy atom. The summed E-state index contributed by atoms with van der Waals surface area (Å²) in [5.41, 5.74) is 1.84. The molecule has 0 radical (unpaired) electrons.